The number of fused-ring (bicyclic) bond motifs is 2. The van der Waals surface area contributed by atoms with E-state index in [0.717, 1.165) is 57.1 Å². The first-order chi connectivity index (χ1) is 19.8. The number of phenols is 2. The van der Waals surface area contributed by atoms with Crippen LogP contribution in [0, 0.1) is 16.7 Å². The molecule has 8 nitrogen and oxygen atoms in total. The van der Waals surface area contributed by atoms with E-state index >= 15 is 0 Å². The number of benzene rings is 2. The first-order valence-electron chi connectivity index (χ1n) is 14.9. The summed E-state index contributed by atoms with van der Waals surface area (Å²) in [7, 11) is 0. The van der Waals surface area contributed by atoms with E-state index in [4.69, 9.17) is 29.8 Å². The SMILES string of the molecule is CC(=O)[O-].CC(=O)[O-].CC(C)(C)Cc1ccc(O)c(C=NC2CC3CCC2(N=Cc2cc(CC(C)(C)C)ccc2O)C3)c1.[Co+2]. The largest absolute Gasteiger partial charge is 2.00 e. The smallest absolute Gasteiger partial charge is 0.550 e. The Morgan fingerprint density at radius 1 is 0.864 bits per heavy atom. The molecule has 243 valence electrons. The van der Waals surface area contributed by atoms with Crippen molar-refractivity contribution in [2.75, 3.05) is 0 Å². The Morgan fingerprint density at radius 2 is 1.30 bits per heavy atom. The normalized spacial score (nSPS) is 20.8. The Hall–Kier alpha value is -3.17. The van der Waals surface area contributed by atoms with Gasteiger partial charge in [-0.1, -0.05) is 53.7 Å². The minimum atomic E-state index is -1.08. The number of carboxylic acids is 2. The predicted octanol–water partition coefficient (Wildman–Crippen LogP) is 4.63. The minimum Gasteiger partial charge on any atom is -0.550 e. The minimum absolute atomic E-state index is 0. The number of aliphatic imine (C=N–C) groups is 2. The van der Waals surface area contributed by atoms with Crippen LogP contribution in [0.4, 0.5) is 0 Å². The number of hydrogen-bond acceptors (Lipinski definition) is 8. The van der Waals surface area contributed by atoms with Crippen LogP contribution < -0.4 is 10.2 Å². The van der Waals surface area contributed by atoms with Crippen LogP contribution in [0.3, 0.4) is 0 Å². The van der Waals surface area contributed by atoms with E-state index in [1.54, 1.807) is 12.1 Å². The molecular formula is C35H48CoN2O6. The molecule has 3 atom stereocenters. The van der Waals surface area contributed by atoms with Gasteiger partial charge in [-0.2, -0.15) is 0 Å². The molecule has 2 fully saturated rings. The van der Waals surface area contributed by atoms with Crippen molar-refractivity contribution in [2.45, 2.75) is 105 Å². The summed E-state index contributed by atoms with van der Waals surface area (Å²) >= 11 is 0. The number of aromatic hydroxyl groups is 2. The number of carbonyl (C=O) groups excluding carboxylic acids is 2. The second kappa shape index (κ2) is 16.2. The number of hydrogen-bond donors (Lipinski definition) is 2. The molecule has 0 spiro atoms. The van der Waals surface area contributed by atoms with E-state index in [9.17, 15) is 10.2 Å². The summed E-state index contributed by atoms with van der Waals surface area (Å²) in [6, 6.07) is 11.8. The molecule has 2 aromatic carbocycles. The van der Waals surface area contributed by atoms with Gasteiger partial charge in [-0.3, -0.25) is 9.98 Å². The van der Waals surface area contributed by atoms with Crippen molar-refractivity contribution < 1.29 is 46.8 Å². The van der Waals surface area contributed by atoms with Crippen LogP contribution in [0.5, 0.6) is 11.5 Å². The van der Waals surface area contributed by atoms with E-state index in [-0.39, 0.29) is 50.7 Å². The molecule has 0 saturated heterocycles. The molecule has 2 N–H and O–H groups in total. The van der Waals surface area contributed by atoms with Crippen LogP contribution in [0.25, 0.3) is 0 Å². The number of rotatable bonds is 6. The van der Waals surface area contributed by atoms with Gasteiger partial charge in [0.25, 0.3) is 0 Å². The van der Waals surface area contributed by atoms with Gasteiger partial charge in [-0.15, -0.1) is 0 Å². The maximum atomic E-state index is 10.5. The number of phenolic OH excluding ortho intramolecular Hbond substituents is 2. The monoisotopic (exact) mass is 651 g/mol. The van der Waals surface area contributed by atoms with E-state index in [2.05, 4.69) is 53.7 Å². The van der Waals surface area contributed by atoms with Crippen LogP contribution >= 0.6 is 0 Å². The van der Waals surface area contributed by atoms with Crippen molar-refractivity contribution in [3.05, 3.63) is 58.7 Å². The summed E-state index contributed by atoms with van der Waals surface area (Å²) in [5, 5.41) is 38.7. The summed E-state index contributed by atoms with van der Waals surface area (Å²) in [6.07, 6.45) is 9.92. The van der Waals surface area contributed by atoms with Gasteiger partial charge in [-0.25, -0.2) is 0 Å². The fraction of sp³-hybridized carbons (Fsp3) is 0.543. The summed E-state index contributed by atoms with van der Waals surface area (Å²) in [6.45, 7) is 15.3. The number of carboxylic acid groups (broad SMARTS) is 2. The molecule has 2 aromatic rings. The molecule has 0 amide bonds. The van der Waals surface area contributed by atoms with Crippen LogP contribution in [0.2, 0.25) is 0 Å². The van der Waals surface area contributed by atoms with E-state index in [1.807, 2.05) is 24.6 Å². The van der Waals surface area contributed by atoms with Crippen LogP contribution in [0.15, 0.2) is 46.4 Å². The van der Waals surface area contributed by atoms with Crippen LogP contribution in [0.1, 0.15) is 103 Å². The summed E-state index contributed by atoms with van der Waals surface area (Å²) in [5.41, 5.74) is 4.14. The fourth-order valence-corrected chi connectivity index (χ4v) is 5.83. The third-order valence-electron chi connectivity index (χ3n) is 7.31. The summed E-state index contributed by atoms with van der Waals surface area (Å²) in [4.78, 5) is 27.9. The Morgan fingerprint density at radius 3 is 1.70 bits per heavy atom. The molecule has 2 saturated carbocycles. The Labute approximate surface area is 272 Å². The average molecular weight is 652 g/mol. The van der Waals surface area contributed by atoms with E-state index < -0.39 is 11.9 Å². The van der Waals surface area contributed by atoms with Crippen molar-refractivity contribution in [2.24, 2.45) is 26.7 Å². The van der Waals surface area contributed by atoms with Gasteiger partial charge in [0.1, 0.15) is 11.5 Å². The van der Waals surface area contributed by atoms with Gasteiger partial charge in [0.15, 0.2) is 0 Å². The van der Waals surface area contributed by atoms with Gasteiger partial charge in [0, 0.05) is 35.5 Å². The second-order valence-electron chi connectivity index (χ2n) is 14.2. The molecule has 2 aliphatic rings. The third kappa shape index (κ3) is 13.2. The Kier molecular flexibility index (Phi) is 14.3. The zero-order valence-corrected chi connectivity index (χ0v) is 28.3. The Bertz CT molecular complexity index is 1310. The molecule has 3 unspecified atom stereocenters. The fourth-order valence-electron chi connectivity index (χ4n) is 5.83. The van der Waals surface area contributed by atoms with Gasteiger partial charge in [-0.05, 0) is 105 Å². The quantitative estimate of drug-likeness (QED) is 0.436. The van der Waals surface area contributed by atoms with E-state index in [0.29, 0.717) is 5.92 Å². The molecule has 1 radical (unpaired) electrons. The molecule has 9 heteroatoms. The van der Waals surface area contributed by atoms with Crippen molar-refractivity contribution in [3.8, 4) is 11.5 Å². The van der Waals surface area contributed by atoms with Gasteiger partial charge in [0.05, 0.1) is 11.6 Å². The topological polar surface area (TPSA) is 145 Å². The van der Waals surface area contributed by atoms with Crippen molar-refractivity contribution in [1.29, 1.82) is 0 Å². The van der Waals surface area contributed by atoms with Gasteiger partial charge < -0.3 is 30.0 Å². The first kappa shape index (κ1) is 38.9. The van der Waals surface area contributed by atoms with Crippen molar-refractivity contribution in [1.82, 2.24) is 0 Å². The van der Waals surface area contributed by atoms with Gasteiger partial charge in [0.2, 0.25) is 0 Å². The molecule has 44 heavy (non-hydrogen) atoms. The molecule has 0 aromatic heterocycles. The standard InChI is InChI=1S/C31H42N2O2.2C2H4O2.Co/c1-29(2,3)16-21-7-9-26(34)24(13-21)19-32-28-15-23-11-12-31(28,18-23)33-20-25-14-22(8-10-27(25)35)17-30(4,5)6;2*1-2(3)4;/h7-10,13-14,19-20,23,28,34-35H,11-12,15-18H2,1-6H3;2*1H3,(H,3,4);/q;;;+2/p-2. The van der Waals surface area contributed by atoms with Crippen molar-refractivity contribution >= 4 is 24.4 Å². The molecule has 0 aliphatic heterocycles. The predicted molar refractivity (Wildman–Crippen MR) is 168 cm³/mol. The van der Waals surface area contributed by atoms with Gasteiger partial charge >= 0.3 is 16.8 Å². The maximum absolute atomic E-state index is 10.5. The molecular weight excluding hydrogens is 603 g/mol. The van der Waals surface area contributed by atoms with E-state index in [1.165, 1.54) is 17.5 Å². The van der Waals surface area contributed by atoms with Crippen LogP contribution in [-0.4, -0.2) is 46.2 Å². The number of nitrogens with zero attached hydrogens (tertiary/aromatic N) is 2. The average Bonchev–Trinajstić information content (AvgIpc) is 3.41. The summed E-state index contributed by atoms with van der Waals surface area (Å²) < 4.78 is 0. The number of aliphatic carboxylic acids is 2. The van der Waals surface area contributed by atoms with Crippen molar-refractivity contribution in [3.63, 3.8) is 0 Å². The second-order valence-corrected chi connectivity index (χ2v) is 14.2. The number of carbonyl (C=O) groups is 2. The zero-order chi connectivity index (χ0) is 32.6. The maximum Gasteiger partial charge on any atom is 2.00 e. The first-order valence-corrected chi connectivity index (χ1v) is 14.9. The molecule has 4 rings (SSSR count). The van der Waals surface area contributed by atoms with Crippen LogP contribution in [-0.2, 0) is 39.2 Å². The molecule has 2 bridgehead atoms. The molecule has 0 heterocycles. The zero-order valence-electron chi connectivity index (χ0n) is 27.3. The summed E-state index contributed by atoms with van der Waals surface area (Å²) in [5.74, 6) is -0.973. The molecule has 2 aliphatic carbocycles. The third-order valence-corrected chi connectivity index (χ3v) is 7.31. The Balaban J connectivity index is 0.000000962.